The van der Waals surface area contributed by atoms with Crippen LogP contribution in [0.3, 0.4) is 0 Å². The Morgan fingerprint density at radius 3 is 1.85 bits per heavy atom. The zero-order valence-corrected chi connectivity index (χ0v) is 14.5. The number of carbonyl (C=O) groups excluding carboxylic acids is 1. The van der Waals surface area contributed by atoms with Crippen molar-refractivity contribution in [3.63, 3.8) is 0 Å². The smallest absolute Gasteiger partial charge is 0.343 e. The van der Waals surface area contributed by atoms with Crippen LogP contribution in [0.4, 0.5) is 0 Å². The molecule has 0 atom stereocenters. The van der Waals surface area contributed by atoms with E-state index in [2.05, 4.69) is 0 Å². The molecule has 0 aliphatic rings. The van der Waals surface area contributed by atoms with Crippen molar-refractivity contribution in [3.8, 4) is 28.7 Å². The molecule has 0 fully saturated rings. The lowest BCUT2D eigenvalue weighted by Crippen LogP contribution is -2.10. The second-order valence-corrected chi connectivity index (χ2v) is 5.32. The summed E-state index contributed by atoms with van der Waals surface area (Å²) in [7, 11) is 3.00. The molecule has 5 nitrogen and oxygen atoms in total. The third kappa shape index (κ3) is 3.95. The molecule has 0 saturated heterocycles. The van der Waals surface area contributed by atoms with E-state index in [-0.39, 0.29) is 5.75 Å². The summed E-state index contributed by atoms with van der Waals surface area (Å²) in [6.45, 7) is 0. The van der Waals surface area contributed by atoms with Crippen molar-refractivity contribution in [2.45, 2.75) is 0 Å². The molecule has 0 unspecified atom stereocenters. The van der Waals surface area contributed by atoms with E-state index in [9.17, 15) is 4.79 Å². The van der Waals surface area contributed by atoms with Crippen LogP contribution in [0.5, 0.6) is 28.7 Å². The predicted octanol–water partition coefficient (Wildman–Crippen LogP) is 4.72. The van der Waals surface area contributed by atoms with Gasteiger partial charge in [-0.3, -0.25) is 0 Å². The van der Waals surface area contributed by atoms with Gasteiger partial charge in [-0.1, -0.05) is 24.3 Å². The van der Waals surface area contributed by atoms with Crippen LogP contribution in [0.1, 0.15) is 10.4 Å². The van der Waals surface area contributed by atoms with Gasteiger partial charge >= 0.3 is 5.97 Å². The van der Waals surface area contributed by atoms with Crippen molar-refractivity contribution in [1.82, 2.24) is 0 Å². The Hall–Kier alpha value is -3.47. The lowest BCUT2D eigenvalue weighted by Gasteiger charge is -2.13. The van der Waals surface area contributed by atoms with Crippen molar-refractivity contribution in [2.24, 2.45) is 0 Å². The number of carbonyl (C=O) groups is 1. The summed E-state index contributed by atoms with van der Waals surface area (Å²) in [5.74, 6) is 1.92. The lowest BCUT2D eigenvalue weighted by molar-refractivity contribution is 0.0724. The first-order chi connectivity index (χ1) is 12.7. The summed E-state index contributed by atoms with van der Waals surface area (Å²) in [5, 5.41) is 0. The molecule has 3 rings (SSSR count). The Morgan fingerprint density at radius 2 is 1.27 bits per heavy atom. The molecule has 0 radical (unpaired) electrons. The van der Waals surface area contributed by atoms with Crippen LogP contribution >= 0.6 is 0 Å². The van der Waals surface area contributed by atoms with Gasteiger partial charge in [0.05, 0.1) is 19.8 Å². The first kappa shape index (κ1) is 17.4. The minimum Gasteiger partial charge on any atom is -0.493 e. The molecular formula is C21H18O5. The molecule has 0 heterocycles. The normalized spacial score (nSPS) is 10.1. The second-order valence-electron chi connectivity index (χ2n) is 5.32. The van der Waals surface area contributed by atoms with Crippen LogP contribution in [-0.2, 0) is 0 Å². The third-order valence-electron chi connectivity index (χ3n) is 3.65. The van der Waals surface area contributed by atoms with Gasteiger partial charge in [-0.2, -0.15) is 0 Å². The molecule has 0 N–H and O–H groups in total. The van der Waals surface area contributed by atoms with Gasteiger partial charge in [-0.15, -0.1) is 0 Å². The zero-order chi connectivity index (χ0) is 18.4. The summed E-state index contributed by atoms with van der Waals surface area (Å²) in [4.78, 5) is 12.4. The third-order valence-corrected chi connectivity index (χ3v) is 3.65. The highest BCUT2D eigenvalue weighted by atomic mass is 16.6. The van der Waals surface area contributed by atoms with Crippen LogP contribution in [0.15, 0.2) is 72.8 Å². The molecule has 0 spiro atoms. The summed E-state index contributed by atoms with van der Waals surface area (Å²) >= 11 is 0. The minimum atomic E-state index is -0.515. The van der Waals surface area contributed by atoms with Crippen molar-refractivity contribution >= 4 is 5.97 Å². The van der Waals surface area contributed by atoms with Crippen molar-refractivity contribution in [3.05, 3.63) is 78.4 Å². The van der Waals surface area contributed by atoms with E-state index in [0.29, 0.717) is 22.8 Å². The fourth-order valence-electron chi connectivity index (χ4n) is 2.35. The van der Waals surface area contributed by atoms with Gasteiger partial charge < -0.3 is 18.9 Å². The first-order valence-corrected chi connectivity index (χ1v) is 7.97. The van der Waals surface area contributed by atoms with E-state index in [4.69, 9.17) is 18.9 Å². The van der Waals surface area contributed by atoms with E-state index < -0.39 is 5.97 Å². The van der Waals surface area contributed by atoms with Crippen molar-refractivity contribution < 1.29 is 23.7 Å². The summed E-state index contributed by atoms with van der Waals surface area (Å²) < 4.78 is 21.7. The maximum atomic E-state index is 12.4. The second kappa shape index (κ2) is 8.07. The van der Waals surface area contributed by atoms with E-state index in [1.807, 2.05) is 30.3 Å². The summed E-state index contributed by atoms with van der Waals surface area (Å²) in [6, 6.07) is 21.3. The van der Waals surface area contributed by atoms with Gasteiger partial charge in [0, 0.05) is 0 Å². The van der Waals surface area contributed by atoms with Gasteiger partial charge in [0.25, 0.3) is 0 Å². The maximum Gasteiger partial charge on any atom is 0.343 e. The Balaban J connectivity index is 1.75. The van der Waals surface area contributed by atoms with E-state index in [1.165, 1.54) is 14.2 Å². The van der Waals surface area contributed by atoms with Crippen molar-refractivity contribution in [2.75, 3.05) is 14.2 Å². The van der Waals surface area contributed by atoms with Gasteiger partial charge in [0.1, 0.15) is 11.5 Å². The van der Waals surface area contributed by atoms with Gasteiger partial charge in [0.15, 0.2) is 11.5 Å². The zero-order valence-electron chi connectivity index (χ0n) is 14.5. The topological polar surface area (TPSA) is 54.0 Å². The number of hydrogen-bond acceptors (Lipinski definition) is 5. The quantitative estimate of drug-likeness (QED) is 0.476. The number of esters is 1. The molecule has 0 saturated carbocycles. The van der Waals surface area contributed by atoms with Gasteiger partial charge in [0.2, 0.25) is 5.75 Å². The number of rotatable bonds is 6. The Labute approximate surface area is 151 Å². The van der Waals surface area contributed by atoms with Crippen LogP contribution in [-0.4, -0.2) is 20.2 Å². The lowest BCUT2D eigenvalue weighted by atomic mass is 10.2. The fourth-order valence-corrected chi connectivity index (χ4v) is 2.35. The molecule has 132 valence electrons. The number of methoxy groups -OCH3 is 2. The monoisotopic (exact) mass is 350 g/mol. The van der Waals surface area contributed by atoms with Crippen LogP contribution in [0, 0.1) is 0 Å². The molecule has 26 heavy (non-hydrogen) atoms. The van der Waals surface area contributed by atoms with Crippen LogP contribution in [0.25, 0.3) is 0 Å². The highest BCUT2D eigenvalue weighted by Crippen LogP contribution is 2.37. The summed E-state index contributed by atoms with van der Waals surface area (Å²) in [6.07, 6.45) is 0. The first-order valence-electron chi connectivity index (χ1n) is 7.97. The predicted molar refractivity (Wildman–Crippen MR) is 97.5 cm³/mol. The standard InChI is InChI=1S/C21H18O5/c1-23-18-9-6-10-19(24-2)20(18)26-21(22)15-11-13-17(14-12-15)25-16-7-4-3-5-8-16/h3-14H,1-2H3. The van der Waals surface area contributed by atoms with Gasteiger partial charge in [-0.05, 0) is 48.5 Å². The highest BCUT2D eigenvalue weighted by molar-refractivity contribution is 5.91. The molecule has 0 amide bonds. The number of hydrogen-bond donors (Lipinski definition) is 0. The molecule has 3 aromatic rings. The van der Waals surface area contributed by atoms with Gasteiger partial charge in [-0.25, -0.2) is 4.79 Å². The number of para-hydroxylation sites is 2. The SMILES string of the molecule is COc1cccc(OC)c1OC(=O)c1ccc(Oc2ccccc2)cc1. The molecule has 0 aliphatic heterocycles. The molecular weight excluding hydrogens is 332 g/mol. The number of ether oxygens (including phenoxy) is 4. The molecule has 0 aliphatic carbocycles. The molecule has 5 heteroatoms. The average Bonchev–Trinajstić information content (AvgIpc) is 2.69. The fraction of sp³-hybridized carbons (Fsp3) is 0.0952. The minimum absolute atomic E-state index is 0.243. The van der Waals surface area contributed by atoms with E-state index >= 15 is 0 Å². The Bertz CT molecular complexity index is 850. The molecule has 0 aromatic heterocycles. The molecule has 3 aromatic carbocycles. The van der Waals surface area contributed by atoms with Crippen LogP contribution in [0.2, 0.25) is 0 Å². The average molecular weight is 350 g/mol. The Morgan fingerprint density at radius 1 is 0.692 bits per heavy atom. The van der Waals surface area contributed by atoms with E-state index in [1.54, 1.807) is 42.5 Å². The number of benzene rings is 3. The van der Waals surface area contributed by atoms with E-state index in [0.717, 1.165) is 5.75 Å². The highest BCUT2D eigenvalue weighted by Gasteiger charge is 2.17. The summed E-state index contributed by atoms with van der Waals surface area (Å²) in [5.41, 5.74) is 0.387. The maximum absolute atomic E-state index is 12.4. The van der Waals surface area contributed by atoms with Crippen molar-refractivity contribution in [1.29, 1.82) is 0 Å². The van der Waals surface area contributed by atoms with Crippen LogP contribution < -0.4 is 18.9 Å². The largest absolute Gasteiger partial charge is 0.493 e. The Kier molecular flexibility index (Phi) is 5.39. The molecule has 0 bridgehead atoms.